The van der Waals surface area contributed by atoms with Crippen LogP contribution in [0.5, 0.6) is 5.75 Å². The number of hydrogen-bond acceptors (Lipinski definition) is 4. The Balaban J connectivity index is 1.96. The number of ether oxygens (including phenoxy) is 1. The van der Waals surface area contributed by atoms with Gasteiger partial charge in [0.25, 0.3) is 5.91 Å². The van der Waals surface area contributed by atoms with Crippen molar-refractivity contribution in [3.8, 4) is 5.75 Å². The number of nitrogens with one attached hydrogen (secondary N) is 1. The average Bonchev–Trinajstić information content (AvgIpc) is 2.93. The Labute approximate surface area is 109 Å². The monoisotopic (exact) mass is 257 g/mol. The van der Waals surface area contributed by atoms with Gasteiger partial charge >= 0.3 is 0 Å². The van der Waals surface area contributed by atoms with Crippen LogP contribution in [0.3, 0.4) is 0 Å². The molecule has 96 valence electrons. The van der Waals surface area contributed by atoms with E-state index in [-0.39, 0.29) is 11.7 Å². The van der Waals surface area contributed by atoms with Crippen molar-refractivity contribution < 1.29 is 18.7 Å². The number of benzene rings is 1. The molecule has 0 fully saturated rings. The van der Waals surface area contributed by atoms with Gasteiger partial charge < -0.3 is 14.5 Å². The summed E-state index contributed by atoms with van der Waals surface area (Å²) >= 11 is 0. The van der Waals surface area contributed by atoms with Gasteiger partial charge in [0.2, 0.25) is 0 Å². The molecule has 1 atom stereocenters. The second-order valence-corrected chi connectivity index (χ2v) is 4.30. The highest BCUT2D eigenvalue weighted by Gasteiger charge is 2.24. The van der Waals surface area contributed by atoms with Crippen molar-refractivity contribution in [2.75, 3.05) is 5.32 Å². The smallest absolute Gasteiger partial charge is 0.265 e. The molecular formula is C14H11NO4. The Kier molecular flexibility index (Phi) is 2.59. The number of rotatable bonds is 2. The summed E-state index contributed by atoms with van der Waals surface area (Å²) in [5.41, 5.74) is 1.45. The lowest BCUT2D eigenvalue weighted by Gasteiger charge is -2.23. The van der Waals surface area contributed by atoms with Crippen LogP contribution in [0.1, 0.15) is 22.8 Å². The third-order valence-corrected chi connectivity index (χ3v) is 2.96. The average molecular weight is 257 g/mol. The van der Waals surface area contributed by atoms with E-state index in [2.05, 4.69) is 5.32 Å². The molecule has 2 heterocycles. The maximum Gasteiger partial charge on any atom is 0.265 e. The number of anilines is 1. The zero-order valence-corrected chi connectivity index (χ0v) is 10.2. The maximum atomic E-state index is 12.1. The second kappa shape index (κ2) is 4.28. The first-order chi connectivity index (χ1) is 9.15. The van der Waals surface area contributed by atoms with Crippen molar-refractivity contribution in [3.63, 3.8) is 0 Å². The van der Waals surface area contributed by atoms with Crippen LogP contribution < -0.4 is 10.1 Å². The van der Waals surface area contributed by atoms with E-state index >= 15 is 0 Å². The number of ketones is 1. The van der Waals surface area contributed by atoms with Gasteiger partial charge in [-0.3, -0.25) is 9.59 Å². The molecule has 19 heavy (non-hydrogen) atoms. The molecule has 0 saturated heterocycles. The number of furan rings is 1. The van der Waals surface area contributed by atoms with Crippen LogP contribution in [0, 0.1) is 0 Å². The highest BCUT2D eigenvalue weighted by Crippen LogP contribution is 2.31. The van der Waals surface area contributed by atoms with E-state index in [9.17, 15) is 9.59 Å². The Morgan fingerprint density at radius 2 is 2.11 bits per heavy atom. The fraction of sp³-hybridized carbons (Fsp3) is 0.143. The molecule has 1 aromatic carbocycles. The van der Waals surface area contributed by atoms with Crippen LogP contribution in [0.2, 0.25) is 0 Å². The molecular weight excluding hydrogens is 246 g/mol. The van der Waals surface area contributed by atoms with Gasteiger partial charge in [-0.2, -0.15) is 0 Å². The summed E-state index contributed by atoms with van der Waals surface area (Å²) in [6.07, 6.45) is 2.31. The Hall–Kier alpha value is -2.56. The molecule has 1 aromatic heterocycles. The predicted octanol–water partition coefficient (Wildman–Crippen LogP) is 2.23. The number of fused-ring (bicyclic) bond motifs is 1. The van der Waals surface area contributed by atoms with Gasteiger partial charge in [-0.05, 0) is 31.2 Å². The summed E-state index contributed by atoms with van der Waals surface area (Å²) in [6.45, 7) is 1.67. The Bertz CT molecular complexity index is 645. The highest BCUT2D eigenvalue weighted by molar-refractivity contribution is 6.10. The SMILES string of the molecule is CC1Oc2ccc(C(=O)c3ccoc3)cc2NC1=O. The summed E-state index contributed by atoms with van der Waals surface area (Å²) in [7, 11) is 0. The molecule has 3 rings (SSSR count). The first-order valence-corrected chi connectivity index (χ1v) is 5.83. The van der Waals surface area contributed by atoms with Crippen molar-refractivity contribution in [1.82, 2.24) is 0 Å². The van der Waals surface area contributed by atoms with Gasteiger partial charge in [0.15, 0.2) is 11.9 Å². The lowest BCUT2D eigenvalue weighted by molar-refractivity contribution is -0.122. The molecule has 0 spiro atoms. The van der Waals surface area contributed by atoms with Gasteiger partial charge in [-0.15, -0.1) is 0 Å². The normalized spacial score (nSPS) is 17.3. The topological polar surface area (TPSA) is 68.5 Å². The van der Waals surface area contributed by atoms with Gasteiger partial charge in [0.05, 0.1) is 17.5 Å². The number of carbonyl (C=O) groups is 2. The molecule has 5 heteroatoms. The van der Waals surface area contributed by atoms with Gasteiger partial charge in [0, 0.05) is 5.56 Å². The van der Waals surface area contributed by atoms with Crippen LogP contribution in [0.15, 0.2) is 41.2 Å². The Morgan fingerprint density at radius 3 is 2.84 bits per heavy atom. The number of amides is 1. The van der Waals surface area contributed by atoms with Crippen LogP contribution in [0.4, 0.5) is 5.69 Å². The second-order valence-electron chi connectivity index (χ2n) is 4.30. The summed E-state index contributed by atoms with van der Waals surface area (Å²) in [4.78, 5) is 23.7. The fourth-order valence-corrected chi connectivity index (χ4v) is 1.91. The largest absolute Gasteiger partial charge is 0.479 e. The number of carbonyl (C=O) groups excluding carboxylic acids is 2. The minimum Gasteiger partial charge on any atom is -0.479 e. The van der Waals surface area contributed by atoms with Crippen molar-refractivity contribution >= 4 is 17.4 Å². The van der Waals surface area contributed by atoms with E-state index in [0.717, 1.165) is 0 Å². The summed E-state index contributed by atoms with van der Waals surface area (Å²) in [5, 5.41) is 2.71. The van der Waals surface area contributed by atoms with Gasteiger partial charge in [-0.25, -0.2) is 0 Å². The molecule has 1 aliphatic heterocycles. The predicted molar refractivity (Wildman–Crippen MR) is 67.3 cm³/mol. The molecule has 1 N–H and O–H groups in total. The van der Waals surface area contributed by atoms with Gasteiger partial charge in [-0.1, -0.05) is 0 Å². The molecule has 0 aliphatic carbocycles. The Morgan fingerprint density at radius 1 is 1.26 bits per heavy atom. The molecule has 0 saturated carbocycles. The van der Waals surface area contributed by atoms with Crippen molar-refractivity contribution in [1.29, 1.82) is 0 Å². The number of hydrogen-bond donors (Lipinski definition) is 1. The third kappa shape index (κ3) is 1.99. The zero-order valence-electron chi connectivity index (χ0n) is 10.2. The summed E-state index contributed by atoms with van der Waals surface area (Å²) in [6, 6.07) is 6.55. The molecule has 1 aliphatic rings. The van der Waals surface area contributed by atoms with E-state index in [1.807, 2.05) is 0 Å². The molecule has 0 bridgehead atoms. The molecule has 1 unspecified atom stereocenters. The van der Waals surface area contributed by atoms with Crippen LogP contribution in [-0.4, -0.2) is 17.8 Å². The first kappa shape index (κ1) is 11.5. The van der Waals surface area contributed by atoms with Crippen LogP contribution in [0.25, 0.3) is 0 Å². The first-order valence-electron chi connectivity index (χ1n) is 5.83. The third-order valence-electron chi connectivity index (χ3n) is 2.96. The van der Waals surface area contributed by atoms with Crippen LogP contribution in [-0.2, 0) is 4.79 Å². The zero-order chi connectivity index (χ0) is 13.4. The van der Waals surface area contributed by atoms with E-state index in [1.165, 1.54) is 12.5 Å². The quantitative estimate of drug-likeness (QED) is 0.837. The minimum atomic E-state index is -0.525. The molecule has 2 aromatic rings. The molecule has 5 nitrogen and oxygen atoms in total. The highest BCUT2D eigenvalue weighted by atomic mass is 16.5. The van der Waals surface area contributed by atoms with E-state index < -0.39 is 6.10 Å². The standard InChI is InChI=1S/C14H11NO4/c1-8-14(17)15-11-6-9(2-3-12(11)19-8)13(16)10-4-5-18-7-10/h2-8H,1H3,(H,15,17). The minimum absolute atomic E-state index is 0.163. The van der Waals surface area contributed by atoms with Gasteiger partial charge in [0.1, 0.15) is 12.0 Å². The molecule has 0 radical (unpaired) electrons. The lowest BCUT2D eigenvalue weighted by Crippen LogP contribution is -2.34. The summed E-state index contributed by atoms with van der Waals surface area (Å²) < 4.78 is 10.3. The fourth-order valence-electron chi connectivity index (χ4n) is 1.91. The summed E-state index contributed by atoms with van der Waals surface area (Å²) in [5.74, 6) is 0.181. The maximum absolute atomic E-state index is 12.1. The van der Waals surface area contributed by atoms with Crippen molar-refractivity contribution in [3.05, 3.63) is 47.9 Å². The van der Waals surface area contributed by atoms with Crippen LogP contribution >= 0.6 is 0 Å². The van der Waals surface area contributed by atoms with Crippen molar-refractivity contribution in [2.24, 2.45) is 0 Å². The molecule has 1 amide bonds. The van der Waals surface area contributed by atoms with E-state index in [4.69, 9.17) is 9.15 Å². The van der Waals surface area contributed by atoms with E-state index in [0.29, 0.717) is 22.6 Å². The van der Waals surface area contributed by atoms with Crippen molar-refractivity contribution in [2.45, 2.75) is 13.0 Å². The van der Waals surface area contributed by atoms with E-state index in [1.54, 1.807) is 31.2 Å². The lowest BCUT2D eigenvalue weighted by atomic mass is 10.0.